The Balaban J connectivity index is 3.13. The molecule has 0 bridgehead atoms. The molecular weight excluding hydrogens is 382 g/mol. The van der Waals surface area contributed by atoms with Crippen molar-refractivity contribution in [2.75, 3.05) is 19.7 Å². The van der Waals surface area contributed by atoms with Gasteiger partial charge in [0.2, 0.25) is 0 Å². The van der Waals surface area contributed by atoms with E-state index in [-0.39, 0.29) is 18.1 Å². The van der Waals surface area contributed by atoms with Crippen LogP contribution in [0.4, 0.5) is 0 Å². The highest BCUT2D eigenvalue weighted by atomic mass is 28.3. The number of unbranched alkanes of at least 4 members (excludes halogenated alkanes) is 1. The Labute approximate surface area is 179 Å². The van der Waals surface area contributed by atoms with Gasteiger partial charge in [-0.15, -0.1) is 6.58 Å². The molecule has 1 heterocycles. The van der Waals surface area contributed by atoms with E-state index in [1.807, 2.05) is 32.6 Å². The SMILES string of the molecule is C=C([C@@H](O[C@H](C/C=C/CCC)C(=O)N(CC)CC)[C@H]1COC(C)(C)O1)[Si](C)(C)C. The van der Waals surface area contributed by atoms with Gasteiger partial charge in [-0.3, -0.25) is 4.79 Å². The van der Waals surface area contributed by atoms with Crippen molar-refractivity contribution in [1.29, 1.82) is 0 Å². The van der Waals surface area contributed by atoms with Gasteiger partial charge in [0.1, 0.15) is 18.3 Å². The molecule has 0 aromatic carbocycles. The molecule has 0 aliphatic carbocycles. The van der Waals surface area contributed by atoms with Crippen LogP contribution in [-0.4, -0.2) is 62.7 Å². The topological polar surface area (TPSA) is 48.0 Å². The van der Waals surface area contributed by atoms with Gasteiger partial charge < -0.3 is 19.1 Å². The normalized spacial score (nSPS) is 21.3. The summed E-state index contributed by atoms with van der Waals surface area (Å²) in [5.74, 6) is -0.617. The molecule has 0 aromatic heterocycles. The van der Waals surface area contributed by atoms with E-state index in [1.54, 1.807) is 0 Å². The number of nitrogens with zero attached hydrogens (tertiary/aromatic N) is 1. The van der Waals surface area contributed by atoms with Gasteiger partial charge in [-0.25, -0.2) is 0 Å². The largest absolute Gasteiger partial charge is 0.358 e. The van der Waals surface area contributed by atoms with Gasteiger partial charge >= 0.3 is 0 Å². The minimum atomic E-state index is -1.72. The molecule has 0 radical (unpaired) electrons. The Morgan fingerprint density at radius 2 is 1.86 bits per heavy atom. The van der Waals surface area contributed by atoms with Crippen LogP contribution in [0.3, 0.4) is 0 Å². The highest BCUT2D eigenvalue weighted by molar-refractivity contribution is 6.83. The van der Waals surface area contributed by atoms with Gasteiger partial charge in [0.05, 0.1) is 14.7 Å². The van der Waals surface area contributed by atoms with Crippen molar-refractivity contribution in [3.8, 4) is 0 Å². The van der Waals surface area contributed by atoms with Crippen LogP contribution in [0.2, 0.25) is 19.6 Å². The van der Waals surface area contributed by atoms with E-state index in [4.69, 9.17) is 14.2 Å². The second-order valence-corrected chi connectivity index (χ2v) is 14.3. The van der Waals surface area contributed by atoms with E-state index in [9.17, 15) is 4.79 Å². The number of hydrogen-bond donors (Lipinski definition) is 0. The number of carbonyl (C=O) groups excluding carboxylic acids is 1. The molecule has 0 saturated carbocycles. The Morgan fingerprint density at radius 1 is 1.24 bits per heavy atom. The summed E-state index contributed by atoms with van der Waals surface area (Å²) in [4.78, 5) is 15.0. The lowest BCUT2D eigenvalue weighted by atomic mass is 10.1. The van der Waals surface area contributed by atoms with Crippen LogP contribution in [-0.2, 0) is 19.0 Å². The number of carbonyl (C=O) groups is 1. The van der Waals surface area contributed by atoms with Gasteiger partial charge in [0.15, 0.2) is 5.79 Å². The first-order chi connectivity index (χ1) is 13.5. The van der Waals surface area contributed by atoms with E-state index in [0.29, 0.717) is 26.1 Å². The maximum absolute atomic E-state index is 13.2. The Bertz CT molecular complexity index is 564. The van der Waals surface area contributed by atoms with Crippen molar-refractivity contribution in [1.82, 2.24) is 4.90 Å². The predicted octanol–water partition coefficient (Wildman–Crippen LogP) is 4.94. The maximum atomic E-state index is 13.2. The molecule has 1 amide bonds. The average Bonchev–Trinajstić information content (AvgIpc) is 3.00. The summed E-state index contributed by atoms with van der Waals surface area (Å²) in [6, 6.07) is 0. The fraction of sp³-hybridized carbons (Fsp3) is 0.783. The Hall–Kier alpha value is -0.953. The van der Waals surface area contributed by atoms with Crippen LogP contribution in [0.15, 0.2) is 23.9 Å². The summed E-state index contributed by atoms with van der Waals surface area (Å²) in [6.07, 6.45) is 5.69. The lowest BCUT2D eigenvalue weighted by molar-refractivity contribution is -0.164. The van der Waals surface area contributed by atoms with E-state index >= 15 is 0 Å². The van der Waals surface area contributed by atoms with Crippen molar-refractivity contribution in [2.45, 2.75) is 97.6 Å². The molecule has 5 nitrogen and oxygen atoms in total. The number of rotatable bonds is 12. The minimum Gasteiger partial charge on any atom is -0.358 e. The van der Waals surface area contributed by atoms with Crippen molar-refractivity contribution >= 4 is 14.0 Å². The lowest BCUT2D eigenvalue weighted by Crippen LogP contribution is -2.48. The fourth-order valence-electron chi connectivity index (χ4n) is 3.32. The van der Waals surface area contributed by atoms with Crippen molar-refractivity contribution in [3.05, 3.63) is 23.9 Å². The number of hydrogen-bond acceptors (Lipinski definition) is 4. The highest BCUT2D eigenvalue weighted by Crippen LogP contribution is 2.32. The first-order valence-electron chi connectivity index (χ1n) is 11.1. The molecule has 0 spiro atoms. The number of ether oxygens (including phenoxy) is 3. The third kappa shape index (κ3) is 8.00. The third-order valence-electron chi connectivity index (χ3n) is 5.31. The molecule has 0 unspecified atom stereocenters. The van der Waals surface area contributed by atoms with Crippen LogP contribution >= 0.6 is 0 Å². The van der Waals surface area contributed by atoms with Gasteiger partial charge in [0, 0.05) is 19.5 Å². The van der Waals surface area contributed by atoms with Crippen molar-refractivity contribution in [3.63, 3.8) is 0 Å². The van der Waals surface area contributed by atoms with Gasteiger partial charge in [-0.2, -0.15) is 0 Å². The molecule has 1 fully saturated rings. The third-order valence-corrected chi connectivity index (χ3v) is 7.52. The molecule has 0 N–H and O–H groups in total. The monoisotopic (exact) mass is 425 g/mol. The fourth-order valence-corrected chi connectivity index (χ4v) is 4.43. The molecule has 1 aliphatic heterocycles. The Kier molecular flexibility index (Phi) is 10.3. The van der Waals surface area contributed by atoms with Crippen molar-refractivity contribution in [2.24, 2.45) is 0 Å². The second kappa shape index (κ2) is 11.4. The van der Waals surface area contributed by atoms with Crippen LogP contribution in [0.1, 0.15) is 53.9 Å². The summed E-state index contributed by atoms with van der Waals surface area (Å²) in [6.45, 7) is 22.9. The minimum absolute atomic E-state index is 0.0303. The molecule has 29 heavy (non-hydrogen) atoms. The maximum Gasteiger partial charge on any atom is 0.252 e. The first-order valence-corrected chi connectivity index (χ1v) is 14.6. The number of likely N-dealkylation sites (N-methyl/N-ethyl adjacent to an activating group) is 1. The smallest absolute Gasteiger partial charge is 0.252 e. The number of allylic oxidation sites excluding steroid dienone is 1. The zero-order chi connectivity index (χ0) is 22.2. The van der Waals surface area contributed by atoms with E-state index in [1.165, 1.54) is 0 Å². The summed E-state index contributed by atoms with van der Waals surface area (Å²) in [5.41, 5.74) is 0. The van der Waals surface area contributed by atoms with E-state index in [0.717, 1.165) is 18.0 Å². The zero-order valence-electron chi connectivity index (χ0n) is 19.9. The van der Waals surface area contributed by atoms with E-state index < -0.39 is 20.0 Å². The molecule has 1 aliphatic rings. The predicted molar refractivity (Wildman–Crippen MR) is 123 cm³/mol. The molecule has 0 aromatic rings. The quantitative estimate of drug-likeness (QED) is 0.328. The molecule has 168 valence electrons. The summed E-state index contributed by atoms with van der Waals surface area (Å²) < 4.78 is 18.5. The molecule has 1 rings (SSSR count). The van der Waals surface area contributed by atoms with Crippen molar-refractivity contribution < 1.29 is 19.0 Å². The number of amides is 1. The Morgan fingerprint density at radius 3 is 2.31 bits per heavy atom. The van der Waals surface area contributed by atoms with E-state index in [2.05, 4.69) is 45.3 Å². The first kappa shape index (κ1) is 26.1. The molecule has 3 atom stereocenters. The lowest BCUT2D eigenvalue weighted by Gasteiger charge is -2.35. The van der Waals surface area contributed by atoms with Gasteiger partial charge in [-0.1, -0.05) is 50.3 Å². The van der Waals surface area contributed by atoms with Crippen LogP contribution in [0, 0.1) is 0 Å². The molecule has 1 saturated heterocycles. The average molecular weight is 426 g/mol. The summed E-state index contributed by atoms with van der Waals surface area (Å²) >= 11 is 0. The highest BCUT2D eigenvalue weighted by Gasteiger charge is 2.43. The van der Waals surface area contributed by atoms with Crippen LogP contribution in [0.5, 0.6) is 0 Å². The van der Waals surface area contributed by atoms with Gasteiger partial charge in [0.25, 0.3) is 5.91 Å². The van der Waals surface area contributed by atoms with Crippen LogP contribution in [0.25, 0.3) is 0 Å². The van der Waals surface area contributed by atoms with Crippen LogP contribution < -0.4 is 0 Å². The van der Waals surface area contributed by atoms with Gasteiger partial charge in [-0.05, 0) is 34.1 Å². The summed E-state index contributed by atoms with van der Waals surface area (Å²) in [7, 11) is -1.72. The molecular formula is C23H43NO4Si. The molecule has 6 heteroatoms. The zero-order valence-corrected chi connectivity index (χ0v) is 20.9. The standard InChI is InChI=1S/C23H43NO4Si/c1-10-13-14-15-16-19(22(25)24(11-2)12-3)27-21(18(4)29(7,8)9)20-17-26-23(5,6)28-20/h14-15,19-21H,4,10-13,16-17H2,1-3,5-9H3/b15-14+/t19-,20-,21-/m1/s1. The summed E-state index contributed by atoms with van der Waals surface area (Å²) in [5, 5.41) is 1.05. The second-order valence-electron chi connectivity index (χ2n) is 9.19.